The summed E-state index contributed by atoms with van der Waals surface area (Å²) in [5.74, 6) is -0.984. The number of nitrogens with two attached hydrogens (primary N) is 1. The van der Waals surface area contributed by atoms with E-state index >= 15 is 4.39 Å². The Morgan fingerprint density at radius 3 is 2.60 bits per heavy atom. The number of fused-ring (bicyclic) bond motifs is 1. The van der Waals surface area contributed by atoms with Gasteiger partial charge in [-0.1, -0.05) is 41.4 Å². The van der Waals surface area contributed by atoms with Crippen molar-refractivity contribution in [2.24, 2.45) is 7.05 Å². The van der Waals surface area contributed by atoms with Gasteiger partial charge in [0.2, 0.25) is 0 Å². The van der Waals surface area contributed by atoms with E-state index in [1.54, 1.807) is 29.9 Å². The predicted molar refractivity (Wildman–Crippen MR) is 116 cm³/mol. The van der Waals surface area contributed by atoms with Crippen molar-refractivity contribution in [2.45, 2.75) is 10.6 Å². The van der Waals surface area contributed by atoms with Crippen molar-refractivity contribution in [1.82, 2.24) is 14.5 Å². The van der Waals surface area contributed by atoms with Gasteiger partial charge in [0.05, 0.1) is 26.1 Å². The molecule has 0 spiro atoms. The Hall–Kier alpha value is -2.68. The highest BCUT2D eigenvalue weighted by molar-refractivity contribution is 7.90. The van der Waals surface area contributed by atoms with Crippen molar-refractivity contribution in [3.05, 3.63) is 70.3 Å². The molecular formula is C20H15Cl2FN4O2S. The Morgan fingerprint density at radius 2 is 1.87 bits per heavy atom. The van der Waals surface area contributed by atoms with Crippen LogP contribution < -0.4 is 5.73 Å². The van der Waals surface area contributed by atoms with E-state index in [9.17, 15) is 8.42 Å². The predicted octanol–water partition coefficient (Wildman–Crippen LogP) is 4.64. The van der Waals surface area contributed by atoms with Gasteiger partial charge in [-0.05, 0) is 18.2 Å². The molecule has 4 rings (SSSR count). The summed E-state index contributed by atoms with van der Waals surface area (Å²) in [5.41, 5.74) is 7.26. The summed E-state index contributed by atoms with van der Waals surface area (Å²) in [6.07, 6.45) is 3.02. The van der Waals surface area contributed by atoms with Gasteiger partial charge in [-0.25, -0.2) is 22.8 Å². The summed E-state index contributed by atoms with van der Waals surface area (Å²) in [6, 6.07) is 8.57. The summed E-state index contributed by atoms with van der Waals surface area (Å²) in [5, 5.41) is 0.848. The van der Waals surface area contributed by atoms with Gasteiger partial charge in [0.25, 0.3) is 0 Å². The number of sulfone groups is 1. The molecule has 30 heavy (non-hydrogen) atoms. The number of nitrogen functional groups attached to an aromatic ring is 1. The van der Waals surface area contributed by atoms with Crippen LogP contribution in [0.15, 0.2) is 53.8 Å². The summed E-state index contributed by atoms with van der Waals surface area (Å²) >= 11 is 11.8. The Balaban J connectivity index is 1.81. The van der Waals surface area contributed by atoms with E-state index in [1.807, 2.05) is 0 Å². The Kier molecular flexibility index (Phi) is 5.17. The summed E-state index contributed by atoms with van der Waals surface area (Å²) in [7, 11) is -2.10. The van der Waals surface area contributed by atoms with Crippen LogP contribution in [0.1, 0.15) is 5.56 Å². The summed E-state index contributed by atoms with van der Waals surface area (Å²) in [4.78, 5) is 8.13. The molecule has 2 aromatic carbocycles. The number of halogens is 3. The third-order valence-electron chi connectivity index (χ3n) is 4.75. The normalized spacial score (nSPS) is 11.9. The first-order chi connectivity index (χ1) is 14.2. The second-order valence-corrected chi connectivity index (χ2v) is 9.53. The van der Waals surface area contributed by atoms with Crippen LogP contribution in [0, 0.1) is 5.82 Å². The van der Waals surface area contributed by atoms with E-state index in [4.69, 9.17) is 28.9 Å². The average molecular weight is 465 g/mol. The average Bonchev–Trinajstić information content (AvgIpc) is 3.03. The molecule has 0 amide bonds. The molecule has 0 fully saturated rings. The van der Waals surface area contributed by atoms with E-state index in [0.29, 0.717) is 16.6 Å². The lowest BCUT2D eigenvalue weighted by atomic mass is 10.0. The SMILES string of the molecule is Cn1cc(-c2cccc(CS(=O)(=O)c3ccc(Cl)c(Cl)c3)c2F)c2c(N)ncnc21. The molecule has 0 unspecified atom stereocenters. The smallest absolute Gasteiger partial charge is 0.182 e. The molecule has 0 aliphatic heterocycles. The molecule has 154 valence electrons. The molecule has 2 aromatic heterocycles. The number of anilines is 1. The van der Waals surface area contributed by atoms with E-state index < -0.39 is 21.4 Å². The monoisotopic (exact) mass is 464 g/mol. The van der Waals surface area contributed by atoms with Gasteiger partial charge in [-0.15, -0.1) is 0 Å². The van der Waals surface area contributed by atoms with Gasteiger partial charge >= 0.3 is 0 Å². The van der Waals surface area contributed by atoms with Crippen LogP contribution in [0.5, 0.6) is 0 Å². The molecule has 0 bridgehead atoms. The zero-order chi connectivity index (χ0) is 21.6. The molecule has 0 aliphatic rings. The molecule has 2 N–H and O–H groups in total. The van der Waals surface area contributed by atoms with E-state index in [0.717, 1.165) is 0 Å². The first kappa shape index (κ1) is 20.6. The standard InChI is InChI=1S/C20H15Cl2FN4O2S/c1-27-8-14(17-19(24)25-10-26-20(17)27)13-4-2-3-11(18(13)23)9-30(28,29)12-5-6-15(21)16(22)7-12/h2-8,10H,9H2,1H3,(H2,24,25,26). The molecule has 2 heterocycles. The van der Waals surface area contributed by atoms with Crippen LogP contribution in [-0.2, 0) is 22.6 Å². The summed E-state index contributed by atoms with van der Waals surface area (Å²) < 4.78 is 42.8. The maximum absolute atomic E-state index is 15.4. The minimum absolute atomic E-state index is 0.0194. The first-order valence-corrected chi connectivity index (χ1v) is 11.1. The van der Waals surface area contributed by atoms with Crippen molar-refractivity contribution >= 4 is 49.9 Å². The lowest BCUT2D eigenvalue weighted by molar-refractivity contribution is 0.588. The van der Waals surface area contributed by atoms with Crippen molar-refractivity contribution in [1.29, 1.82) is 0 Å². The second kappa shape index (κ2) is 7.54. The van der Waals surface area contributed by atoms with Crippen molar-refractivity contribution < 1.29 is 12.8 Å². The second-order valence-electron chi connectivity index (χ2n) is 6.72. The molecule has 6 nitrogen and oxygen atoms in total. The topological polar surface area (TPSA) is 90.9 Å². The lowest BCUT2D eigenvalue weighted by Crippen LogP contribution is -2.07. The Bertz CT molecular complexity index is 1400. The molecule has 4 aromatic rings. The minimum atomic E-state index is -3.86. The van der Waals surface area contributed by atoms with E-state index in [1.165, 1.54) is 30.6 Å². The van der Waals surface area contributed by atoms with Crippen LogP contribution >= 0.6 is 23.2 Å². The number of nitrogens with zero attached hydrogens (tertiary/aromatic N) is 3. The van der Waals surface area contributed by atoms with Crippen molar-refractivity contribution in [3.63, 3.8) is 0 Å². The molecule has 0 radical (unpaired) electrons. The maximum Gasteiger partial charge on any atom is 0.182 e. The number of aromatic nitrogens is 3. The number of benzene rings is 2. The zero-order valence-electron chi connectivity index (χ0n) is 15.6. The van der Waals surface area contributed by atoms with Crippen LogP contribution in [0.4, 0.5) is 10.2 Å². The van der Waals surface area contributed by atoms with Crippen LogP contribution in [0.25, 0.3) is 22.2 Å². The van der Waals surface area contributed by atoms with E-state index in [2.05, 4.69) is 9.97 Å². The zero-order valence-corrected chi connectivity index (χ0v) is 17.9. The number of hydrogen-bond donors (Lipinski definition) is 1. The third-order valence-corrected chi connectivity index (χ3v) is 7.15. The maximum atomic E-state index is 15.4. The quantitative estimate of drug-likeness (QED) is 0.474. The van der Waals surface area contributed by atoms with Crippen LogP contribution in [-0.4, -0.2) is 23.0 Å². The highest BCUT2D eigenvalue weighted by atomic mass is 35.5. The molecule has 0 saturated heterocycles. The Labute approximate surface area is 182 Å². The largest absolute Gasteiger partial charge is 0.383 e. The van der Waals surface area contributed by atoms with Crippen molar-refractivity contribution in [3.8, 4) is 11.1 Å². The fourth-order valence-corrected chi connectivity index (χ4v) is 5.03. The molecule has 10 heteroatoms. The van der Waals surface area contributed by atoms with E-state index in [-0.39, 0.29) is 31.9 Å². The Morgan fingerprint density at radius 1 is 1.10 bits per heavy atom. The lowest BCUT2D eigenvalue weighted by Gasteiger charge is -2.10. The van der Waals surface area contributed by atoms with Gasteiger partial charge in [0.15, 0.2) is 9.84 Å². The van der Waals surface area contributed by atoms with Gasteiger partial charge in [-0.2, -0.15) is 0 Å². The van der Waals surface area contributed by atoms with Gasteiger partial charge in [0, 0.05) is 29.9 Å². The fourth-order valence-electron chi connectivity index (χ4n) is 3.30. The highest BCUT2D eigenvalue weighted by Gasteiger charge is 2.22. The minimum Gasteiger partial charge on any atom is -0.383 e. The molecular weight excluding hydrogens is 450 g/mol. The third kappa shape index (κ3) is 3.51. The number of hydrogen-bond acceptors (Lipinski definition) is 5. The van der Waals surface area contributed by atoms with Gasteiger partial charge in [-0.3, -0.25) is 0 Å². The van der Waals surface area contributed by atoms with Crippen molar-refractivity contribution in [2.75, 3.05) is 5.73 Å². The van der Waals surface area contributed by atoms with Gasteiger partial charge in [0.1, 0.15) is 23.6 Å². The van der Waals surface area contributed by atoms with Crippen LogP contribution in [0.3, 0.4) is 0 Å². The number of rotatable bonds is 4. The molecule has 0 atom stereocenters. The van der Waals surface area contributed by atoms with Gasteiger partial charge < -0.3 is 10.3 Å². The molecule has 0 saturated carbocycles. The molecule has 0 aliphatic carbocycles. The number of aryl methyl sites for hydroxylation is 1. The summed E-state index contributed by atoms with van der Waals surface area (Å²) in [6.45, 7) is 0. The first-order valence-electron chi connectivity index (χ1n) is 8.70. The highest BCUT2D eigenvalue weighted by Crippen LogP contribution is 2.35. The van der Waals surface area contributed by atoms with Crippen LogP contribution in [0.2, 0.25) is 10.0 Å². The fraction of sp³-hybridized carbons (Fsp3) is 0.100.